The third kappa shape index (κ3) is 5.58. The van der Waals surface area contributed by atoms with Gasteiger partial charge in [0.05, 0.1) is 53.0 Å². The number of nitrogens with zero attached hydrogens (tertiary/aromatic N) is 1. The summed E-state index contributed by atoms with van der Waals surface area (Å²) in [5, 5.41) is 20.0. The zero-order chi connectivity index (χ0) is 38.7. The molecule has 0 aromatic heterocycles. The fraction of sp³-hybridized carbons (Fsp3) is 0.182. The normalized spacial score (nSPS) is 19.0. The van der Waals surface area contributed by atoms with Crippen molar-refractivity contribution in [2.75, 3.05) is 18.1 Å². The van der Waals surface area contributed by atoms with Crippen LogP contribution in [-0.2, 0) is 19.1 Å². The second-order valence-corrected chi connectivity index (χ2v) is 13.6. The maximum atomic E-state index is 14.4. The Balaban J connectivity index is 1.27. The number of amides is 2. The first-order chi connectivity index (χ1) is 26.5. The number of carboxylic acid groups (broad SMARTS) is 2. The van der Waals surface area contributed by atoms with Gasteiger partial charge in [-0.2, -0.15) is 0 Å². The third-order valence-electron chi connectivity index (χ3n) is 10.8. The number of esters is 2. The summed E-state index contributed by atoms with van der Waals surface area (Å²) in [6, 6.07) is 29.2. The first-order valence-electron chi connectivity index (χ1n) is 17.8. The predicted molar refractivity (Wildman–Crippen MR) is 199 cm³/mol. The van der Waals surface area contributed by atoms with Gasteiger partial charge >= 0.3 is 23.9 Å². The van der Waals surface area contributed by atoms with Crippen molar-refractivity contribution in [3.8, 4) is 22.3 Å². The number of ether oxygens (including phenoxy) is 2. The van der Waals surface area contributed by atoms with Crippen molar-refractivity contribution in [1.29, 1.82) is 0 Å². The van der Waals surface area contributed by atoms with Crippen LogP contribution < -0.4 is 4.90 Å². The third-order valence-corrected chi connectivity index (χ3v) is 10.8. The fourth-order valence-electron chi connectivity index (χ4n) is 8.54. The van der Waals surface area contributed by atoms with E-state index in [1.54, 1.807) is 50.2 Å². The maximum Gasteiger partial charge on any atom is 0.338 e. The van der Waals surface area contributed by atoms with Crippen LogP contribution in [0.4, 0.5) is 5.69 Å². The standard InChI is InChI=1S/C44H33NO10/c1-3-54-43(52)29-16-12-24(20-33(29)41(48)49)22-10-14-27-31(18-22)35-28-15-11-23(25-13-17-30(44(53)55-4-2)34(21-25)42(50)51)19-32(28)36(27)38-37(35)39(46)45(40(38)47)26-8-6-5-7-9-26/h5-21,35-38H,3-4H2,1-2H3,(H,48,49)(H,50,51)/t35?,36?,37-,38?/m0/s1. The van der Waals surface area contributed by atoms with E-state index in [9.17, 15) is 39.0 Å². The van der Waals surface area contributed by atoms with Crippen molar-refractivity contribution in [2.24, 2.45) is 11.8 Å². The van der Waals surface area contributed by atoms with Crippen molar-refractivity contribution >= 4 is 41.4 Å². The van der Waals surface area contributed by atoms with Crippen LogP contribution in [0.1, 0.15) is 89.4 Å². The summed E-state index contributed by atoms with van der Waals surface area (Å²) < 4.78 is 10.1. The van der Waals surface area contributed by atoms with Gasteiger partial charge in [-0.15, -0.1) is 0 Å². The van der Waals surface area contributed by atoms with Crippen LogP contribution in [0.25, 0.3) is 22.3 Å². The summed E-state index contributed by atoms with van der Waals surface area (Å²) >= 11 is 0. The highest BCUT2D eigenvalue weighted by Gasteiger charge is 2.62. The Kier molecular flexibility index (Phi) is 8.64. The van der Waals surface area contributed by atoms with E-state index in [2.05, 4.69) is 0 Å². The SMILES string of the molecule is CCOC(=O)c1ccc(-c2ccc3c(c2)C2c4ccc(-c5ccc(C(=O)OCC)c(C(=O)O)c5)cc4C3[C@@H]3C(=O)N(c4ccccc4)C(=O)C23)cc1C(=O)O. The molecule has 11 heteroatoms. The molecule has 5 aromatic carbocycles. The van der Waals surface area contributed by atoms with Crippen LogP contribution in [0.15, 0.2) is 103 Å². The number of carbonyl (C=O) groups excluding carboxylic acids is 4. The van der Waals surface area contributed by atoms with Crippen LogP contribution in [0.2, 0.25) is 0 Å². The number of benzene rings is 5. The molecule has 2 amide bonds. The van der Waals surface area contributed by atoms with E-state index in [1.165, 1.54) is 29.2 Å². The van der Waals surface area contributed by atoms with Gasteiger partial charge in [0.15, 0.2) is 0 Å². The largest absolute Gasteiger partial charge is 0.478 e. The number of rotatable bonds is 9. The maximum absolute atomic E-state index is 14.4. The molecule has 3 aliphatic carbocycles. The number of carboxylic acids is 2. The quantitative estimate of drug-likeness (QED) is 0.117. The highest BCUT2D eigenvalue weighted by atomic mass is 16.5. The molecule has 1 fully saturated rings. The summed E-state index contributed by atoms with van der Waals surface area (Å²) in [7, 11) is 0. The van der Waals surface area contributed by atoms with Crippen LogP contribution in [0.5, 0.6) is 0 Å². The first-order valence-corrected chi connectivity index (χ1v) is 17.8. The van der Waals surface area contributed by atoms with E-state index in [0.29, 0.717) is 27.9 Å². The summed E-state index contributed by atoms with van der Waals surface area (Å²) in [6.07, 6.45) is 0. The second kappa shape index (κ2) is 13.5. The van der Waals surface area contributed by atoms with Gasteiger partial charge in [0.2, 0.25) is 11.8 Å². The highest BCUT2D eigenvalue weighted by molar-refractivity contribution is 6.23. The van der Waals surface area contributed by atoms with Crippen LogP contribution in [0, 0.1) is 11.8 Å². The summed E-state index contributed by atoms with van der Waals surface area (Å²) in [5.74, 6) is -7.19. The number of carbonyl (C=O) groups is 6. The number of hydrogen-bond donors (Lipinski definition) is 2. The zero-order valence-corrected chi connectivity index (χ0v) is 29.6. The van der Waals surface area contributed by atoms with Crippen molar-refractivity contribution in [2.45, 2.75) is 25.7 Å². The van der Waals surface area contributed by atoms with Crippen molar-refractivity contribution < 1.29 is 48.5 Å². The molecular formula is C44H33NO10. The molecule has 0 saturated carbocycles. The molecule has 4 aliphatic rings. The number of hydrogen-bond acceptors (Lipinski definition) is 8. The summed E-state index contributed by atoms with van der Waals surface area (Å²) in [4.78, 5) is 79.7. The van der Waals surface area contributed by atoms with E-state index < -0.39 is 47.5 Å². The van der Waals surface area contributed by atoms with Crippen LogP contribution in [0.3, 0.4) is 0 Å². The minimum absolute atomic E-state index is 0.0650. The molecule has 1 heterocycles. The van der Waals surface area contributed by atoms with E-state index >= 15 is 0 Å². The topological polar surface area (TPSA) is 165 Å². The molecule has 5 aromatic rings. The molecule has 274 valence electrons. The molecule has 1 aliphatic heterocycles. The average molecular weight is 736 g/mol. The molecule has 4 atom stereocenters. The first kappa shape index (κ1) is 35.2. The second-order valence-electron chi connectivity index (χ2n) is 13.6. The van der Waals surface area contributed by atoms with Gasteiger partial charge in [0, 0.05) is 11.8 Å². The minimum atomic E-state index is -1.28. The lowest BCUT2D eigenvalue weighted by Gasteiger charge is -2.46. The smallest absolute Gasteiger partial charge is 0.338 e. The van der Waals surface area contributed by atoms with Crippen LogP contribution in [-0.4, -0.2) is 59.1 Å². The Morgan fingerprint density at radius 3 is 1.33 bits per heavy atom. The number of para-hydroxylation sites is 1. The van der Waals surface area contributed by atoms with Gasteiger partial charge in [0.1, 0.15) is 0 Å². The Labute approximate surface area is 314 Å². The fourth-order valence-corrected chi connectivity index (χ4v) is 8.54. The van der Waals surface area contributed by atoms with Gasteiger partial charge in [0.25, 0.3) is 0 Å². The lowest BCUT2D eigenvalue weighted by atomic mass is 9.54. The van der Waals surface area contributed by atoms with E-state index in [4.69, 9.17) is 9.47 Å². The van der Waals surface area contributed by atoms with Crippen LogP contribution >= 0.6 is 0 Å². The molecule has 2 N–H and O–H groups in total. The predicted octanol–water partition coefficient (Wildman–Crippen LogP) is 7.17. The van der Waals surface area contributed by atoms with Gasteiger partial charge in [-0.25, -0.2) is 24.1 Å². The Bertz CT molecular complexity index is 2340. The molecule has 9 rings (SSSR count). The molecular weight excluding hydrogens is 702 g/mol. The number of imide groups is 1. The molecule has 3 unspecified atom stereocenters. The molecule has 11 nitrogen and oxygen atoms in total. The van der Waals surface area contributed by atoms with Gasteiger partial charge in [-0.1, -0.05) is 66.7 Å². The Hall–Kier alpha value is -6.88. The van der Waals surface area contributed by atoms with Gasteiger partial charge < -0.3 is 19.7 Å². The lowest BCUT2D eigenvalue weighted by molar-refractivity contribution is -0.122. The zero-order valence-electron chi connectivity index (χ0n) is 29.6. The molecule has 2 bridgehead atoms. The number of anilines is 1. The van der Waals surface area contributed by atoms with Crippen molar-refractivity contribution in [3.63, 3.8) is 0 Å². The summed E-state index contributed by atoms with van der Waals surface area (Å²) in [6.45, 7) is 3.45. The van der Waals surface area contributed by atoms with Gasteiger partial charge in [-0.3, -0.25) is 9.59 Å². The lowest BCUT2D eigenvalue weighted by Crippen LogP contribution is -2.41. The Morgan fingerprint density at radius 1 is 0.527 bits per heavy atom. The van der Waals surface area contributed by atoms with Crippen molar-refractivity contribution in [1.82, 2.24) is 0 Å². The average Bonchev–Trinajstić information content (AvgIpc) is 3.46. The summed E-state index contributed by atoms with van der Waals surface area (Å²) in [5.41, 5.74) is 5.72. The highest BCUT2D eigenvalue weighted by Crippen LogP contribution is 2.62. The van der Waals surface area contributed by atoms with Crippen molar-refractivity contribution in [3.05, 3.63) is 148 Å². The number of aromatic carboxylic acids is 2. The minimum Gasteiger partial charge on any atom is -0.478 e. The molecule has 55 heavy (non-hydrogen) atoms. The van der Waals surface area contributed by atoms with E-state index in [0.717, 1.165) is 22.3 Å². The molecule has 1 saturated heterocycles. The Morgan fingerprint density at radius 2 is 0.927 bits per heavy atom. The van der Waals surface area contributed by atoms with E-state index in [-0.39, 0.29) is 47.3 Å². The monoisotopic (exact) mass is 735 g/mol. The molecule has 0 spiro atoms. The molecule has 0 radical (unpaired) electrons. The van der Waals surface area contributed by atoms with E-state index in [1.807, 2.05) is 42.5 Å². The van der Waals surface area contributed by atoms with Gasteiger partial charge in [-0.05, 0) is 94.8 Å².